The number of ether oxygens (including phenoxy) is 1. The smallest absolute Gasteiger partial charge is 0.126 e. The molecule has 2 unspecified atom stereocenters. The van der Waals surface area contributed by atoms with Gasteiger partial charge in [-0.2, -0.15) is 0 Å². The van der Waals surface area contributed by atoms with Gasteiger partial charge in [-0.3, -0.25) is 0 Å². The van der Waals surface area contributed by atoms with Crippen LogP contribution in [0.15, 0.2) is 18.2 Å². The first-order chi connectivity index (χ1) is 7.36. The maximum Gasteiger partial charge on any atom is 0.126 e. The second-order valence-electron chi connectivity index (χ2n) is 4.64. The number of hydrogen-bond acceptors (Lipinski definition) is 2. The lowest BCUT2D eigenvalue weighted by Gasteiger charge is -2.18. The molecule has 1 aromatic rings. The molecule has 1 saturated carbocycles. The van der Waals surface area contributed by atoms with E-state index in [4.69, 9.17) is 10.5 Å². The molecule has 0 saturated heterocycles. The molecule has 1 aliphatic carbocycles. The summed E-state index contributed by atoms with van der Waals surface area (Å²) in [5.41, 5.74) is 8.87. The molecule has 0 aromatic heterocycles. The van der Waals surface area contributed by atoms with Crippen LogP contribution in [0.2, 0.25) is 0 Å². The fourth-order valence-electron chi connectivity index (χ4n) is 2.91. The number of para-hydroxylation sites is 1. The Morgan fingerprint density at radius 3 is 3.00 bits per heavy atom. The monoisotopic (exact) mass is 203 g/mol. The maximum absolute atomic E-state index is 6.15. The molecule has 1 aliphatic heterocycles. The highest BCUT2D eigenvalue weighted by Crippen LogP contribution is 2.41. The van der Waals surface area contributed by atoms with Crippen molar-refractivity contribution in [1.29, 1.82) is 0 Å². The van der Waals surface area contributed by atoms with Crippen LogP contribution in [0.4, 0.5) is 0 Å². The van der Waals surface area contributed by atoms with Crippen molar-refractivity contribution in [3.05, 3.63) is 29.3 Å². The van der Waals surface area contributed by atoms with Crippen LogP contribution in [0.3, 0.4) is 0 Å². The molecule has 3 rings (SSSR count). The summed E-state index contributed by atoms with van der Waals surface area (Å²) < 4.78 is 5.73. The summed E-state index contributed by atoms with van der Waals surface area (Å²) in [6.45, 7) is 0.842. The highest BCUT2D eigenvalue weighted by molar-refractivity contribution is 5.46. The van der Waals surface area contributed by atoms with Crippen molar-refractivity contribution in [2.45, 2.75) is 37.6 Å². The minimum absolute atomic E-state index is 0.334. The molecule has 1 heterocycles. The molecule has 15 heavy (non-hydrogen) atoms. The predicted molar refractivity (Wildman–Crippen MR) is 60.2 cm³/mol. The number of hydrogen-bond donors (Lipinski definition) is 1. The number of benzene rings is 1. The Morgan fingerprint density at radius 2 is 2.20 bits per heavy atom. The fraction of sp³-hybridized carbons (Fsp3) is 0.538. The zero-order valence-corrected chi connectivity index (χ0v) is 8.91. The van der Waals surface area contributed by atoms with E-state index in [1.54, 1.807) is 0 Å². The first kappa shape index (κ1) is 9.22. The number of nitrogens with two attached hydrogens (primary N) is 1. The van der Waals surface area contributed by atoms with E-state index >= 15 is 0 Å². The SMILES string of the molecule is NC1CCCC1c1cccc2c1OCC2. The summed E-state index contributed by atoms with van der Waals surface area (Å²) in [6.07, 6.45) is 4.70. The predicted octanol–water partition coefficient (Wildman–Crippen LogP) is 2.22. The lowest BCUT2D eigenvalue weighted by molar-refractivity contribution is 0.350. The van der Waals surface area contributed by atoms with E-state index in [9.17, 15) is 0 Å². The van der Waals surface area contributed by atoms with Gasteiger partial charge in [0.05, 0.1) is 6.61 Å². The molecule has 1 aromatic carbocycles. The average Bonchev–Trinajstić information content (AvgIpc) is 2.85. The van der Waals surface area contributed by atoms with Crippen molar-refractivity contribution in [1.82, 2.24) is 0 Å². The third kappa shape index (κ3) is 1.44. The Bertz CT molecular complexity index is 375. The van der Waals surface area contributed by atoms with Gasteiger partial charge in [0.25, 0.3) is 0 Å². The molecule has 2 aliphatic rings. The van der Waals surface area contributed by atoms with E-state index in [1.165, 1.54) is 24.0 Å². The third-order valence-electron chi connectivity index (χ3n) is 3.71. The molecule has 0 amide bonds. The first-order valence-electron chi connectivity index (χ1n) is 5.86. The van der Waals surface area contributed by atoms with Crippen LogP contribution >= 0.6 is 0 Å². The van der Waals surface area contributed by atoms with Crippen LogP contribution in [-0.4, -0.2) is 12.6 Å². The van der Waals surface area contributed by atoms with E-state index in [0.29, 0.717) is 12.0 Å². The van der Waals surface area contributed by atoms with Crippen molar-refractivity contribution in [2.24, 2.45) is 5.73 Å². The molecule has 0 bridgehead atoms. The second kappa shape index (κ2) is 3.53. The van der Waals surface area contributed by atoms with E-state index in [1.807, 2.05) is 0 Å². The molecule has 2 heteroatoms. The largest absolute Gasteiger partial charge is 0.493 e. The highest BCUT2D eigenvalue weighted by Gasteiger charge is 2.29. The minimum Gasteiger partial charge on any atom is -0.493 e. The van der Waals surface area contributed by atoms with Crippen LogP contribution in [-0.2, 0) is 6.42 Å². The van der Waals surface area contributed by atoms with Crippen molar-refractivity contribution in [3.63, 3.8) is 0 Å². The van der Waals surface area contributed by atoms with Crippen LogP contribution in [0, 0.1) is 0 Å². The van der Waals surface area contributed by atoms with Crippen LogP contribution in [0.5, 0.6) is 5.75 Å². The van der Waals surface area contributed by atoms with Gasteiger partial charge in [-0.15, -0.1) is 0 Å². The van der Waals surface area contributed by atoms with Gasteiger partial charge in [0, 0.05) is 18.4 Å². The van der Waals surface area contributed by atoms with Crippen LogP contribution < -0.4 is 10.5 Å². The lowest BCUT2D eigenvalue weighted by Crippen LogP contribution is -2.23. The molecule has 0 radical (unpaired) electrons. The van der Waals surface area contributed by atoms with Crippen LogP contribution in [0.25, 0.3) is 0 Å². The van der Waals surface area contributed by atoms with Crippen LogP contribution in [0.1, 0.15) is 36.3 Å². The van der Waals surface area contributed by atoms with Gasteiger partial charge in [-0.1, -0.05) is 24.6 Å². The van der Waals surface area contributed by atoms with Gasteiger partial charge in [-0.25, -0.2) is 0 Å². The first-order valence-corrected chi connectivity index (χ1v) is 5.86. The average molecular weight is 203 g/mol. The quantitative estimate of drug-likeness (QED) is 0.759. The van der Waals surface area contributed by atoms with Gasteiger partial charge in [-0.05, 0) is 24.0 Å². The molecule has 2 N–H and O–H groups in total. The normalized spacial score (nSPS) is 28.9. The Kier molecular flexibility index (Phi) is 2.17. The molecule has 1 fully saturated rings. The Labute approximate surface area is 90.4 Å². The number of rotatable bonds is 1. The summed E-state index contributed by atoms with van der Waals surface area (Å²) in [5.74, 6) is 1.66. The highest BCUT2D eigenvalue weighted by atomic mass is 16.5. The van der Waals surface area contributed by atoms with E-state index in [2.05, 4.69) is 18.2 Å². The summed E-state index contributed by atoms with van der Waals surface area (Å²) in [7, 11) is 0. The zero-order valence-electron chi connectivity index (χ0n) is 8.91. The van der Waals surface area contributed by atoms with Gasteiger partial charge >= 0.3 is 0 Å². The topological polar surface area (TPSA) is 35.2 Å². The van der Waals surface area contributed by atoms with Gasteiger partial charge in [0.1, 0.15) is 5.75 Å². The fourth-order valence-corrected chi connectivity index (χ4v) is 2.91. The summed E-state index contributed by atoms with van der Waals surface area (Å²) in [5, 5.41) is 0. The second-order valence-corrected chi connectivity index (χ2v) is 4.64. The molecule has 0 spiro atoms. The summed E-state index contributed by atoms with van der Waals surface area (Å²) in [6, 6.07) is 6.85. The van der Waals surface area contributed by atoms with Gasteiger partial charge in [0.15, 0.2) is 0 Å². The Balaban J connectivity index is 2.01. The van der Waals surface area contributed by atoms with Crippen molar-refractivity contribution < 1.29 is 4.74 Å². The molecular formula is C13H17NO. The lowest BCUT2D eigenvalue weighted by atomic mass is 9.92. The van der Waals surface area contributed by atoms with E-state index in [0.717, 1.165) is 25.2 Å². The molecular weight excluding hydrogens is 186 g/mol. The third-order valence-corrected chi connectivity index (χ3v) is 3.71. The van der Waals surface area contributed by atoms with Gasteiger partial charge < -0.3 is 10.5 Å². The number of fused-ring (bicyclic) bond motifs is 1. The van der Waals surface area contributed by atoms with Gasteiger partial charge in [0.2, 0.25) is 0 Å². The zero-order chi connectivity index (χ0) is 10.3. The molecule has 2 nitrogen and oxygen atoms in total. The maximum atomic E-state index is 6.15. The molecule has 80 valence electrons. The Hall–Kier alpha value is -1.02. The van der Waals surface area contributed by atoms with Crippen molar-refractivity contribution >= 4 is 0 Å². The summed E-state index contributed by atoms with van der Waals surface area (Å²) >= 11 is 0. The minimum atomic E-state index is 0.334. The van der Waals surface area contributed by atoms with E-state index in [-0.39, 0.29) is 0 Å². The van der Waals surface area contributed by atoms with Crippen molar-refractivity contribution in [3.8, 4) is 5.75 Å². The standard InChI is InChI=1S/C13H17NO/c14-12-6-2-4-10(12)11-5-1-3-9-7-8-15-13(9)11/h1,3,5,10,12H,2,4,6-8,14H2. The van der Waals surface area contributed by atoms with Crippen molar-refractivity contribution in [2.75, 3.05) is 6.61 Å². The van der Waals surface area contributed by atoms with E-state index < -0.39 is 0 Å². The summed E-state index contributed by atoms with van der Waals surface area (Å²) in [4.78, 5) is 0. The Morgan fingerprint density at radius 1 is 1.27 bits per heavy atom. The molecule has 2 atom stereocenters.